The van der Waals surface area contributed by atoms with Crippen LogP contribution < -0.4 is 0 Å². The quantitative estimate of drug-likeness (QED) is 0.714. The second-order valence-corrected chi connectivity index (χ2v) is 7.01. The predicted octanol–water partition coefficient (Wildman–Crippen LogP) is 4.76. The Morgan fingerprint density at radius 2 is 1.42 bits per heavy atom. The Morgan fingerprint density at radius 3 is 2.04 bits per heavy atom. The van der Waals surface area contributed by atoms with Crippen molar-refractivity contribution >= 4 is 0 Å². The summed E-state index contributed by atoms with van der Waals surface area (Å²) in [4.78, 5) is 0. The van der Waals surface area contributed by atoms with Crippen LogP contribution in [0.25, 0.3) is 0 Å². The number of rotatable bonds is 7. The summed E-state index contributed by atoms with van der Waals surface area (Å²) in [6, 6.07) is 19.8. The van der Waals surface area contributed by atoms with E-state index in [4.69, 9.17) is 14.2 Å². The summed E-state index contributed by atoms with van der Waals surface area (Å²) in [5.41, 5.74) is 2.14. The summed E-state index contributed by atoms with van der Waals surface area (Å²) in [6.45, 7) is 5.38. The van der Waals surface area contributed by atoms with Crippen LogP contribution in [0.4, 0.5) is 4.39 Å². The topological polar surface area (TPSA) is 27.7 Å². The van der Waals surface area contributed by atoms with E-state index >= 15 is 0 Å². The van der Waals surface area contributed by atoms with Crippen molar-refractivity contribution < 1.29 is 18.6 Å². The lowest BCUT2D eigenvalue weighted by Gasteiger charge is -2.41. The van der Waals surface area contributed by atoms with Crippen LogP contribution in [0.15, 0.2) is 60.7 Å². The molecule has 1 fully saturated rings. The van der Waals surface area contributed by atoms with Gasteiger partial charge in [-0.3, -0.25) is 0 Å². The lowest BCUT2D eigenvalue weighted by molar-refractivity contribution is -0.244. The van der Waals surface area contributed by atoms with Gasteiger partial charge in [0, 0.05) is 0 Å². The van der Waals surface area contributed by atoms with Crippen LogP contribution in [-0.4, -0.2) is 25.2 Å². The van der Waals surface area contributed by atoms with E-state index in [0.29, 0.717) is 19.8 Å². The molecule has 3 nitrogen and oxygen atoms in total. The lowest BCUT2D eigenvalue weighted by atomic mass is 9.84. The van der Waals surface area contributed by atoms with E-state index in [1.54, 1.807) is 0 Å². The van der Waals surface area contributed by atoms with E-state index in [0.717, 1.165) is 11.1 Å². The van der Waals surface area contributed by atoms with Gasteiger partial charge >= 0.3 is 0 Å². The summed E-state index contributed by atoms with van der Waals surface area (Å²) in [6.07, 6.45) is -2.26. The predicted molar refractivity (Wildman–Crippen MR) is 99.2 cm³/mol. The third-order valence-corrected chi connectivity index (χ3v) is 5.18. The molecule has 140 valence electrons. The Morgan fingerprint density at radius 1 is 0.846 bits per heavy atom. The van der Waals surface area contributed by atoms with Crippen LogP contribution in [0, 0.1) is 11.8 Å². The van der Waals surface area contributed by atoms with E-state index in [1.807, 2.05) is 67.6 Å². The van der Waals surface area contributed by atoms with Crippen molar-refractivity contribution in [3.05, 3.63) is 71.8 Å². The zero-order valence-electron chi connectivity index (χ0n) is 15.4. The van der Waals surface area contributed by atoms with Crippen molar-refractivity contribution in [2.45, 2.75) is 45.6 Å². The molecule has 2 aromatic carbocycles. The van der Waals surface area contributed by atoms with E-state index in [1.165, 1.54) is 0 Å². The maximum atomic E-state index is 14.6. The average molecular weight is 358 g/mol. The van der Waals surface area contributed by atoms with Crippen molar-refractivity contribution in [3.8, 4) is 0 Å². The molecule has 4 heteroatoms. The third-order valence-electron chi connectivity index (χ3n) is 5.18. The highest BCUT2D eigenvalue weighted by Crippen LogP contribution is 2.34. The van der Waals surface area contributed by atoms with E-state index in [-0.39, 0.29) is 17.9 Å². The molecule has 2 aromatic rings. The monoisotopic (exact) mass is 358 g/mol. The van der Waals surface area contributed by atoms with E-state index < -0.39 is 12.5 Å². The first kappa shape index (κ1) is 19.0. The molecule has 1 aliphatic rings. The minimum atomic E-state index is -1.43. The Hall–Kier alpha value is -1.75. The van der Waals surface area contributed by atoms with Gasteiger partial charge in [0.25, 0.3) is 0 Å². The molecule has 1 heterocycles. The number of alkyl halides is 1. The molecular weight excluding hydrogens is 331 g/mol. The Kier molecular flexibility index (Phi) is 6.78. The van der Waals surface area contributed by atoms with Gasteiger partial charge in [-0.15, -0.1) is 0 Å². The normalized spacial score (nSPS) is 28.8. The van der Waals surface area contributed by atoms with Gasteiger partial charge in [0.05, 0.1) is 25.9 Å². The fourth-order valence-corrected chi connectivity index (χ4v) is 3.30. The van der Waals surface area contributed by atoms with E-state index in [9.17, 15) is 4.39 Å². The van der Waals surface area contributed by atoms with Crippen molar-refractivity contribution in [2.24, 2.45) is 11.8 Å². The van der Waals surface area contributed by atoms with Crippen LogP contribution in [0.5, 0.6) is 0 Å². The van der Waals surface area contributed by atoms with Crippen LogP contribution in [0.2, 0.25) is 0 Å². The van der Waals surface area contributed by atoms with Crippen LogP contribution >= 0.6 is 0 Å². The molecule has 0 aromatic heterocycles. The van der Waals surface area contributed by atoms with Gasteiger partial charge in [-0.05, 0) is 23.0 Å². The molecule has 0 N–H and O–H groups in total. The van der Waals surface area contributed by atoms with Crippen molar-refractivity contribution in [1.29, 1.82) is 0 Å². The van der Waals surface area contributed by atoms with Crippen LogP contribution in [0.3, 0.4) is 0 Å². The minimum absolute atomic E-state index is 0.0489. The first-order valence-electron chi connectivity index (χ1n) is 9.22. The molecular formula is C22H27FO3. The minimum Gasteiger partial charge on any atom is -0.374 e. The first-order valence-corrected chi connectivity index (χ1v) is 9.22. The average Bonchev–Trinajstić information content (AvgIpc) is 2.67. The van der Waals surface area contributed by atoms with Gasteiger partial charge in [0.15, 0.2) is 0 Å². The van der Waals surface area contributed by atoms with Crippen molar-refractivity contribution in [3.63, 3.8) is 0 Å². The molecule has 0 amide bonds. The summed E-state index contributed by atoms with van der Waals surface area (Å²) < 4.78 is 31.8. The Labute approximate surface area is 155 Å². The first-order chi connectivity index (χ1) is 12.6. The number of halogens is 1. The maximum Gasteiger partial charge on any atom is 0.225 e. The van der Waals surface area contributed by atoms with Gasteiger partial charge in [-0.25, -0.2) is 4.39 Å². The largest absolute Gasteiger partial charge is 0.374 e. The summed E-state index contributed by atoms with van der Waals surface area (Å²) in [5, 5.41) is 0. The molecule has 0 saturated carbocycles. The van der Waals surface area contributed by atoms with Gasteiger partial charge in [-0.2, -0.15) is 0 Å². The highest BCUT2D eigenvalue weighted by molar-refractivity contribution is 5.14. The number of hydrogen-bond donors (Lipinski definition) is 0. The molecule has 26 heavy (non-hydrogen) atoms. The van der Waals surface area contributed by atoms with E-state index in [2.05, 4.69) is 6.92 Å². The van der Waals surface area contributed by atoms with Gasteiger partial charge in [-0.1, -0.05) is 74.5 Å². The fourth-order valence-electron chi connectivity index (χ4n) is 3.30. The fraction of sp³-hybridized carbons (Fsp3) is 0.455. The molecule has 0 bridgehead atoms. The van der Waals surface area contributed by atoms with Gasteiger partial charge in [0.1, 0.15) is 6.10 Å². The molecule has 0 aliphatic carbocycles. The van der Waals surface area contributed by atoms with Crippen molar-refractivity contribution in [1.82, 2.24) is 0 Å². The molecule has 0 spiro atoms. The number of benzene rings is 2. The standard InChI is InChI=1S/C22H27FO3/c1-16-17(2)21(25-14-19-11-7-4-8-12-19)22(23)26-20(16)15-24-13-18-9-5-3-6-10-18/h3-12,16-17,20-22H,13-15H2,1-2H3/t16-,17+,20?,21?,22+/m1/s1. The highest BCUT2D eigenvalue weighted by Gasteiger charge is 2.42. The van der Waals surface area contributed by atoms with Crippen LogP contribution in [-0.2, 0) is 27.4 Å². The summed E-state index contributed by atoms with van der Waals surface area (Å²) in [5.74, 6) is 0.200. The molecule has 3 rings (SSSR count). The SMILES string of the molecule is C[C@@H]1C(OCc2ccccc2)[C@@H](F)OC(COCc2ccccc2)[C@@H]1C. The molecule has 1 aliphatic heterocycles. The van der Waals surface area contributed by atoms with Gasteiger partial charge in [0.2, 0.25) is 6.36 Å². The lowest BCUT2D eigenvalue weighted by Crippen LogP contribution is -2.50. The third kappa shape index (κ3) is 4.91. The number of ether oxygens (including phenoxy) is 3. The molecule has 2 unspecified atom stereocenters. The molecule has 0 radical (unpaired) electrons. The Bertz CT molecular complexity index is 647. The second-order valence-electron chi connectivity index (χ2n) is 7.01. The summed E-state index contributed by atoms with van der Waals surface area (Å²) >= 11 is 0. The highest BCUT2D eigenvalue weighted by atomic mass is 19.1. The zero-order valence-corrected chi connectivity index (χ0v) is 15.4. The smallest absolute Gasteiger partial charge is 0.225 e. The Balaban J connectivity index is 1.49. The van der Waals surface area contributed by atoms with Crippen molar-refractivity contribution in [2.75, 3.05) is 6.61 Å². The summed E-state index contributed by atoms with van der Waals surface area (Å²) in [7, 11) is 0. The molecule has 1 saturated heterocycles. The number of hydrogen-bond acceptors (Lipinski definition) is 3. The zero-order chi connectivity index (χ0) is 18.4. The maximum absolute atomic E-state index is 14.6. The second kappa shape index (κ2) is 9.26. The van der Waals surface area contributed by atoms with Crippen LogP contribution in [0.1, 0.15) is 25.0 Å². The van der Waals surface area contributed by atoms with Gasteiger partial charge < -0.3 is 14.2 Å². The molecule has 5 atom stereocenters.